The van der Waals surface area contributed by atoms with E-state index in [1.54, 1.807) is 0 Å². The molecule has 0 fully saturated rings. The fourth-order valence-electron chi connectivity index (χ4n) is 2.10. The van der Waals surface area contributed by atoms with Crippen molar-refractivity contribution < 1.29 is 23.6 Å². The summed E-state index contributed by atoms with van der Waals surface area (Å²) in [6, 6.07) is 4.22. The Morgan fingerprint density at radius 2 is 1.83 bits per heavy atom. The van der Waals surface area contributed by atoms with E-state index in [1.165, 1.54) is 29.7 Å². The monoisotopic (exact) mass is 402 g/mol. The first kappa shape index (κ1) is 21.5. The molecule has 0 spiro atoms. The maximum Gasteiger partial charge on any atom is 0.266 e. The largest absolute Gasteiger partial charge is 0.339 e. The molecule has 150 valence electrons. The SMILES string of the molecule is CC(C)(C(F)F)[C@H](NC(=O)c1ccc(C#CC#Cc2nn[nH]n2)cc1)C(=O)NO. The Balaban J connectivity index is 2.10. The highest BCUT2D eigenvalue weighted by Crippen LogP contribution is 2.29. The van der Waals surface area contributed by atoms with Gasteiger partial charge in [0.1, 0.15) is 6.04 Å². The molecule has 0 aliphatic carbocycles. The zero-order valence-electron chi connectivity index (χ0n) is 15.3. The van der Waals surface area contributed by atoms with Gasteiger partial charge in [-0.25, -0.2) is 14.3 Å². The van der Waals surface area contributed by atoms with Gasteiger partial charge in [-0.1, -0.05) is 24.9 Å². The molecule has 9 nitrogen and oxygen atoms in total. The lowest BCUT2D eigenvalue weighted by Crippen LogP contribution is -2.56. The summed E-state index contributed by atoms with van der Waals surface area (Å²) in [4.78, 5) is 24.1. The third-order valence-electron chi connectivity index (χ3n) is 3.89. The van der Waals surface area contributed by atoms with Gasteiger partial charge in [-0.3, -0.25) is 14.8 Å². The number of aromatic amines is 1. The van der Waals surface area contributed by atoms with Crippen LogP contribution in [0.5, 0.6) is 0 Å². The first-order chi connectivity index (χ1) is 13.8. The molecule has 11 heteroatoms. The number of hydrogen-bond donors (Lipinski definition) is 4. The number of halogens is 2. The second kappa shape index (κ2) is 9.39. The van der Waals surface area contributed by atoms with Crippen molar-refractivity contribution in [1.82, 2.24) is 31.4 Å². The summed E-state index contributed by atoms with van der Waals surface area (Å²) in [5, 5.41) is 23.9. The first-order valence-electron chi connectivity index (χ1n) is 8.14. The van der Waals surface area contributed by atoms with Gasteiger partial charge < -0.3 is 5.32 Å². The van der Waals surface area contributed by atoms with E-state index in [0.29, 0.717) is 5.56 Å². The molecule has 2 rings (SSSR count). The molecule has 1 atom stereocenters. The molecule has 2 aromatic rings. The van der Waals surface area contributed by atoms with Crippen LogP contribution >= 0.6 is 0 Å². The molecule has 29 heavy (non-hydrogen) atoms. The summed E-state index contributed by atoms with van der Waals surface area (Å²) >= 11 is 0. The smallest absolute Gasteiger partial charge is 0.266 e. The van der Waals surface area contributed by atoms with E-state index in [2.05, 4.69) is 49.6 Å². The van der Waals surface area contributed by atoms with Gasteiger partial charge in [-0.05, 0) is 47.2 Å². The van der Waals surface area contributed by atoms with Gasteiger partial charge in [0.2, 0.25) is 12.2 Å². The summed E-state index contributed by atoms with van der Waals surface area (Å²) in [7, 11) is 0. The summed E-state index contributed by atoms with van der Waals surface area (Å²) in [6.07, 6.45) is -2.92. The Kier molecular flexibility index (Phi) is 6.95. The van der Waals surface area contributed by atoms with Gasteiger partial charge in [0.05, 0.1) is 5.41 Å². The molecule has 1 aromatic carbocycles. The zero-order valence-corrected chi connectivity index (χ0v) is 15.3. The predicted octanol–water partition coefficient (Wildman–Crippen LogP) is 0.498. The van der Waals surface area contributed by atoms with Crippen LogP contribution in [-0.4, -0.2) is 50.1 Å². The summed E-state index contributed by atoms with van der Waals surface area (Å²) in [5.74, 6) is 8.70. The third-order valence-corrected chi connectivity index (χ3v) is 3.89. The van der Waals surface area contributed by atoms with Crippen LogP contribution in [0.15, 0.2) is 24.3 Å². The van der Waals surface area contributed by atoms with Crippen molar-refractivity contribution in [2.75, 3.05) is 0 Å². The minimum Gasteiger partial charge on any atom is -0.339 e. The highest BCUT2D eigenvalue weighted by Gasteiger charge is 2.43. The van der Waals surface area contributed by atoms with Gasteiger partial charge in [0, 0.05) is 11.1 Å². The van der Waals surface area contributed by atoms with Crippen molar-refractivity contribution in [1.29, 1.82) is 0 Å². The molecule has 0 saturated heterocycles. The number of nitrogens with one attached hydrogen (secondary N) is 3. The number of hydroxylamine groups is 1. The van der Waals surface area contributed by atoms with Crippen LogP contribution in [0.2, 0.25) is 0 Å². The summed E-state index contributed by atoms with van der Waals surface area (Å²) < 4.78 is 26.5. The molecular weight excluding hydrogens is 386 g/mol. The van der Waals surface area contributed by atoms with E-state index < -0.39 is 29.7 Å². The normalized spacial score (nSPS) is 11.5. The van der Waals surface area contributed by atoms with Gasteiger partial charge >= 0.3 is 0 Å². The molecule has 2 amide bonds. The number of tetrazole rings is 1. The average Bonchev–Trinajstić information content (AvgIpc) is 3.22. The highest BCUT2D eigenvalue weighted by molar-refractivity contribution is 5.97. The van der Waals surface area contributed by atoms with E-state index >= 15 is 0 Å². The van der Waals surface area contributed by atoms with Crippen molar-refractivity contribution in [2.24, 2.45) is 5.41 Å². The van der Waals surface area contributed by atoms with Crippen LogP contribution in [0.3, 0.4) is 0 Å². The fourth-order valence-corrected chi connectivity index (χ4v) is 2.10. The first-order valence-corrected chi connectivity index (χ1v) is 8.14. The lowest BCUT2D eigenvalue weighted by atomic mass is 9.84. The van der Waals surface area contributed by atoms with Crippen molar-refractivity contribution in [3.8, 4) is 23.7 Å². The average molecular weight is 402 g/mol. The van der Waals surface area contributed by atoms with Crippen LogP contribution in [0.4, 0.5) is 8.78 Å². The molecule has 0 aliphatic heterocycles. The Morgan fingerprint density at radius 3 is 2.38 bits per heavy atom. The lowest BCUT2D eigenvalue weighted by molar-refractivity contribution is -0.137. The highest BCUT2D eigenvalue weighted by atomic mass is 19.3. The predicted molar refractivity (Wildman–Crippen MR) is 95.3 cm³/mol. The van der Waals surface area contributed by atoms with E-state index in [-0.39, 0.29) is 11.4 Å². The second-order valence-electron chi connectivity index (χ2n) is 6.32. The van der Waals surface area contributed by atoms with Crippen LogP contribution in [0.25, 0.3) is 0 Å². The molecule has 0 unspecified atom stereocenters. The Hall–Kier alpha value is -3.83. The topological polar surface area (TPSA) is 133 Å². The molecule has 4 N–H and O–H groups in total. The molecule has 0 aliphatic rings. The van der Waals surface area contributed by atoms with E-state index in [1.807, 2.05) is 0 Å². The van der Waals surface area contributed by atoms with Crippen molar-refractivity contribution >= 4 is 11.8 Å². The number of hydrogen-bond acceptors (Lipinski definition) is 6. The standard InChI is InChI=1S/C18H16F2N6O3/c1-18(2,17(19)20)14(16(28)24-29)21-15(27)12-9-7-11(8-10-12)5-3-4-6-13-22-25-26-23-13/h7-10,14,17,29H,1-2H3,(H,21,27)(H,24,28)(H,22,23,25,26)/t14-/m1/s1. The number of alkyl halides is 2. The minimum absolute atomic E-state index is 0.120. The van der Waals surface area contributed by atoms with Gasteiger partial charge in [0.25, 0.3) is 11.8 Å². The number of H-pyrrole nitrogens is 1. The molecule has 0 radical (unpaired) electrons. The number of carbonyl (C=O) groups is 2. The Bertz CT molecular complexity index is 983. The maximum absolute atomic E-state index is 13.3. The number of carbonyl (C=O) groups excluding carboxylic acids is 2. The summed E-state index contributed by atoms with van der Waals surface area (Å²) in [6.45, 7) is 2.21. The Labute approximate surface area is 164 Å². The van der Waals surface area contributed by atoms with Crippen LogP contribution in [0, 0.1) is 29.1 Å². The molecule has 1 aromatic heterocycles. The number of aromatic nitrogens is 4. The molecule has 1 heterocycles. The number of rotatable bonds is 5. The molecule has 0 bridgehead atoms. The van der Waals surface area contributed by atoms with Gasteiger partial charge in [0.15, 0.2) is 0 Å². The van der Waals surface area contributed by atoms with Crippen LogP contribution in [0.1, 0.15) is 35.6 Å². The number of nitrogens with zero attached hydrogens (tertiary/aromatic N) is 3. The van der Waals surface area contributed by atoms with Crippen LogP contribution in [-0.2, 0) is 4.79 Å². The fraction of sp³-hybridized carbons (Fsp3) is 0.278. The van der Waals surface area contributed by atoms with E-state index in [4.69, 9.17) is 5.21 Å². The van der Waals surface area contributed by atoms with Crippen LogP contribution < -0.4 is 10.8 Å². The van der Waals surface area contributed by atoms with Gasteiger partial charge in [-0.2, -0.15) is 5.21 Å². The lowest BCUT2D eigenvalue weighted by Gasteiger charge is -2.32. The van der Waals surface area contributed by atoms with Crippen molar-refractivity contribution in [2.45, 2.75) is 26.3 Å². The quantitative estimate of drug-likeness (QED) is 0.327. The minimum atomic E-state index is -2.92. The maximum atomic E-state index is 13.3. The van der Waals surface area contributed by atoms with E-state index in [0.717, 1.165) is 13.8 Å². The Morgan fingerprint density at radius 1 is 1.17 bits per heavy atom. The van der Waals surface area contributed by atoms with Crippen molar-refractivity contribution in [3.05, 3.63) is 41.2 Å². The molecule has 0 saturated carbocycles. The number of benzene rings is 1. The zero-order chi connectivity index (χ0) is 21.4. The van der Waals surface area contributed by atoms with Crippen molar-refractivity contribution in [3.63, 3.8) is 0 Å². The third kappa shape index (κ3) is 5.57. The second-order valence-corrected chi connectivity index (χ2v) is 6.32. The molecular formula is C18H16F2N6O3. The van der Waals surface area contributed by atoms with E-state index in [9.17, 15) is 18.4 Å². The van der Waals surface area contributed by atoms with Gasteiger partial charge in [-0.15, -0.1) is 5.10 Å². The summed E-state index contributed by atoms with van der Waals surface area (Å²) in [5.41, 5.74) is 0.0491. The number of amides is 2.